The lowest BCUT2D eigenvalue weighted by Gasteiger charge is -2.20. The predicted octanol–water partition coefficient (Wildman–Crippen LogP) is 2.81. The van der Waals surface area contributed by atoms with Crippen LogP contribution in [0.15, 0.2) is 18.2 Å². The summed E-state index contributed by atoms with van der Waals surface area (Å²) in [5, 5.41) is 4.77. The summed E-state index contributed by atoms with van der Waals surface area (Å²) in [7, 11) is 1.71. The van der Waals surface area contributed by atoms with Crippen LogP contribution in [0.4, 0.5) is 0 Å². The number of aromatic amines is 1. The molecule has 1 aromatic heterocycles. The summed E-state index contributed by atoms with van der Waals surface area (Å²) in [5.74, 6) is 0.931. The summed E-state index contributed by atoms with van der Waals surface area (Å²) in [6, 6.07) is 6.65. The average molecular weight is 253 g/mol. The van der Waals surface area contributed by atoms with Crippen LogP contribution in [0.1, 0.15) is 24.2 Å². The van der Waals surface area contributed by atoms with Gasteiger partial charge in [0.15, 0.2) is 0 Å². The first kappa shape index (κ1) is 12.3. The van der Waals surface area contributed by atoms with E-state index < -0.39 is 0 Å². The van der Waals surface area contributed by atoms with E-state index in [4.69, 9.17) is 4.74 Å². The van der Waals surface area contributed by atoms with Crippen LogP contribution in [-0.2, 0) is 6.42 Å². The molecule has 2 heterocycles. The lowest BCUT2D eigenvalue weighted by atomic mass is 10.0. The van der Waals surface area contributed by atoms with Gasteiger partial charge in [-0.05, 0) is 43.7 Å². The third kappa shape index (κ3) is 1.90. The van der Waals surface area contributed by atoms with Crippen LogP contribution in [0.5, 0.6) is 5.75 Å². The Kier molecular flexibility index (Phi) is 3.31. The maximum absolute atomic E-state index is 5.28. The maximum Gasteiger partial charge on any atom is 0.119 e. The van der Waals surface area contributed by atoms with Gasteiger partial charge >= 0.3 is 0 Å². The van der Waals surface area contributed by atoms with E-state index in [9.17, 15) is 0 Å². The molecule has 1 atom stereocenters. The zero-order valence-corrected chi connectivity index (χ0v) is 10.9. The van der Waals surface area contributed by atoms with Crippen LogP contribution < -0.4 is 10.1 Å². The Morgan fingerprint density at radius 3 is 2.94 bits per heavy atom. The SMILES string of the molecule is COc1ccc2[nH]c3c(c2c1)CCNC3C.Cl. The van der Waals surface area contributed by atoms with Gasteiger partial charge in [0.05, 0.1) is 7.11 Å². The number of benzene rings is 1. The van der Waals surface area contributed by atoms with Gasteiger partial charge in [0, 0.05) is 22.6 Å². The molecule has 17 heavy (non-hydrogen) atoms. The molecule has 0 saturated carbocycles. The number of ether oxygens (including phenoxy) is 1. The van der Waals surface area contributed by atoms with Crippen molar-refractivity contribution < 1.29 is 4.74 Å². The van der Waals surface area contributed by atoms with Crippen LogP contribution >= 0.6 is 12.4 Å². The number of hydrogen-bond donors (Lipinski definition) is 2. The standard InChI is InChI=1S/C13H16N2O.ClH/c1-8-13-10(5-6-14-8)11-7-9(16-2)3-4-12(11)15-13;/h3-4,7-8,14-15H,5-6H2,1-2H3;1H. The first-order valence-electron chi connectivity index (χ1n) is 5.71. The molecule has 0 spiro atoms. The van der Waals surface area contributed by atoms with Crippen LogP contribution in [0.25, 0.3) is 10.9 Å². The Labute approximate surface area is 107 Å². The smallest absolute Gasteiger partial charge is 0.119 e. The molecule has 0 amide bonds. The molecule has 2 aromatic rings. The second-order valence-electron chi connectivity index (χ2n) is 4.35. The highest BCUT2D eigenvalue weighted by molar-refractivity contribution is 5.86. The Bertz CT molecular complexity index is 535. The Morgan fingerprint density at radius 2 is 2.18 bits per heavy atom. The predicted molar refractivity (Wildman–Crippen MR) is 72.2 cm³/mol. The molecule has 0 saturated heterocycles. The van der Waals surface area contributed by atoms with Gasteiger partial charge in [-0.1, -0.05) is 0 Å². The normalized spacial score (nSPS) is 18.6. The van der Waals surface area contributed by atoms with E-state index in [0.29, 0.717) is 6.04 Å². The number of aromatic nitrogens is 1. The molecule has 0 fully saturated rings. The molecule has 1 aromatic carbocycles. The number of halogens is 1. The van der Waals surface area contributed by atoms with Crippen molar-refractivity contribution in [1.29, 1.82) is 0 Å². The summed E-state index contributed by atoms with van der Waals surface area (Å²) in [6.45, 7) is 3.25. The van der Waals surface area contributed by atoms with Gasteiger partial charge in [0.25, 0.3) is 0 Å². The Morgan fingerprint density at radius 1 is 1.35 bits per heavy atom. The van der Waals surface area contributed by atoms with Crippen molar-refractivity contribution in [2.24, 2.45) is 0 Å². The minimum atomic E-state index is 0. The average Bonchev–Trinajstić information content (AvgIpc) is 2.68. The van der Waals surface area contributed by atoms with Gasteiger partial charge in [-0.25, -0.2) is 0 Å². The van der Waals surface area contributed by atoms with E-state index in [-0.39, 0.29) is 12.4 Å². The van der Waals surface area contributed by atoms with Crippen molar-refractivity contribution in [3.63, 3.8) is 0 Å². The van der Waals surface area contributed by atoms with Crippen molar-refractivity contribution in [3.05, 3.63) is 29.5 Å². The monoisotopic (exact) mass is 252 g/mol. The molecule has 3 rings (SSSR count). The molecule has 1 aliphatic rings. The van der Waals surface area contributed by atoms with E-state index in [0.717, 1.165) is 18.7 Å². The number of methoxy groups -OCH3 is 1. The maximum atomic E-state index is 5.28. The van der Waals surface area contributed by atoms with Gasteiger partial charge in [-0.2, -0.15) is 0 Å². The van der Waals surface area contributed by atoms with Gasteiger partial charge in [-0.15, -0.1) is 12.4 Å². The summed E-state index contributed by atoms with van der Waals surface area (Å²) in [6.07, 6.45) is 1.09. The first-order valence-corrected chi connectivity index (χ1v) is 5.71. The molecule has 0 radical (unpaired) electrons. The summed E-state index contributed by atoms with van der Waals surface area (Å²) >= 11 is 0. The van der Waals surface area contributed by atoms with Crippen LogP contribution in [0.2, 0.25) is 0 Å². The van der Waals surface area contributed by atoms with Crippen molar-refractivity contribution in [3.8, 4) is 5.75 Å². The van der Waals surface area contributed by atoms with Gasteiger partial charge in [0.1, 0.15) is 5.75 Å². The van der Waals surface area contributed by atoms with E-state index in [1.54, 1.807) is 7.11 Å². The van der Waals surface area contributed by atoms with Crippen molar-refractivity contribution in [1.82, 2.24) is 10.3 Å². The Hall–Kier alpha value is -1.19. The van der Waals surface area contributed by atoms with E-state index in [1.807, 2.05) is 6.07 Å². The van der Waals surface area contributed by atoms with Crippen molar-refractivity contribution in [2.75, 3.05) is 13.7 Å². The zero-order chi connectivity index (χ0) is 11.1. The van der Waals surface area contributed by atoms with E-state index in [2.05, 4.69) is 29.4 Å². The largest absolute Gasteiger partial charge is 0.497 e. The number of fused-ring (bicyclic) bond motifs is 3. The molecular formula is C13H17ClN2O. The molecule has 0 aliphatic carbocycles. The van der Waals surface area contributed by atoms with Crippen LogP contribution in [0, 0.1) is 0 Å². The second kappa shape index (κ2) is 4.59. The summed E-state index contributed by atoms with van der Waals surface area (Å²) < 4.78 is 5.28. The quantitative estimate of drug-likeness (QED) is 0.819. The number of hydrogen-bond acceptors (Lipinski definition) is 2. The summed E-state index contributed by atoms with van der Waals surface area (Å²) in [4.78, 5) is 3.50. The molecule has 2 N–H and O–H groups in total. The van der Waals surface area contributed by atoms with Crippen molar-refractivity contribution in [2.45, 2.75) is 19.4 Å². The Balaban J connectivity index is 0.00000108. The topological polar surface area (TPSA) is 37.0 Å². The van der Waals surface area contributed by atoms with E-state index in [1.165, 1.54) is 22.2 Å². The highest BCUT2D eigenvalue weighted by Crippen LogP contribution is 2.31. The third-order valence-electron chi connectivity index (χ3n) is 3.40. The molecule has 4 heteroatoms. The first-order chi connectivity index (χ1) is 7.79. The second-order valence-corrected chi connectivity index (χ2v) is 4.35. The minimum Gasteiger partial charge on any atom is -0.497 e. The molecule has 0 bridgehead atoms. The fourth-order valence-corrected chi connectivity index (χ4v) is 2.53. The number of H-pyrrole nitrogens is 1. The van der Waals surface area contributed by atoms with E-state index >= 15 is 0 Å². The molecule has 1 unspecified atom stereocenters. The highest BCUT2D eigenvalue weighted by Gasteiger charge is 2.20. The van der Waals surface area contributed by atoms with Gasteiger partial charge in [-0.3, -0.25) is 0 Å². The number of rotatable bonds is 1. The van der Waals surface area contributed by atoms with Gasteiger partial charge < -0.3 is 15.0 Å². The molecular weight excluding hydrogens is 236 g/mol. The summed E-state index contributed by atoms with van der Waals surface area (Å²) in [5.41, 5.74) is 3.98. The number of nitrogens with one attached hydrogen (secondary N) is 2. The highest BCUT2D eigenvalue weighted by atomic mass is 35.5. The van der Waals surface area contributed by atoms with Crippen LogP contribution in [-0.4, -0.2) is 18.6 Å². The molecule has 92 valence electrons. The fourth-order valence-electron chi connectivity index (χ4n) is 2.53. The van der Waals surface area contributed by atoms with Crippen molar-refractivity contribution >= 4 is 23.3 Å². The minimum absolute atomic E-state index is 0. The van der Waals surface area contributed by atoms with Crippen LogP contribution in [0.3, 0.4) is 0 Å². The van der Waals surface area contributed by atoms with Gasteiger partial charge in [0.2, 0.25) is 0 Å². The lowest BCUT2D eigenvalue weighted by Crippen LogP contribution is -2.27. The zero-order valence-electron chi connectivity index (χ0n) is 10.0. The molecule has 3 nitrogen and oxygen atoms in total. The third-order valence-corrected chi connectivity index (χ3v) is 3.40. The lowest BCUT2D eigenvalue weighted by molar-refractivity contribution is 0.415. The fraction of sp³-hybridized carbons (Fsp3) is 0.385. The molecule has 1 aliphatic heterocycles.